The number of carbonyl (C=O) groups is 2. The highest BCUT2D eigenvalue weighted by atomic mass is 16.5. The normalized spacial score (nSPS) is 14.7. The molecule has 0 atom stereocenters. The molecular formula is C24H25N3O3. The van der Waals surface area contributed by atoms with Crippen LogP contribution < -0.4 is 5.32 Å². The van der Waals surface area contributed by atoms with Crippen molar-refractivity contribution in [3.8, 4) is 6.07 Å². The first kappa shape index (κ1) is 21.1. The molecule has 0 radical (unpaired) electrons. The maximum Gasteiger partial charge on any atom is 0.337 e. The molecule has 1 amide bonds. The maximum absolute atomic E-state index is 12.8. The van der Waals surface area contributed by atoms with Gasteiger partial charge in [-0.15, -0.1) is 0 Å². The van der Waals surface area contributed by atoms with Gasteiger partial charge in [-0.25, -0.2) is 4.79 Å². The van der Waals surface area contributed by atoms with Crippen molar-refractivity contribution in [1.29, 1.82) is 5.26 Å². The molecule has 1 aliphatic heterocycles. The number of amides is 1. The molecule has 0 aromatic heterocycles. The first-order chi connectivity index (χ1) is 14.6. The van der Waals surface area contributed by atoms with Crippen LogP contribution in [0.1, 0.15) is 28.8 Å². The molecule has 3 rings (SSSR count). The van der Waals surface area contributed by atoms with Crippen LogP contribution in [0.25, 0.3) is 0 Å². The Morgan fingerprint density at radius 2 is 1.90 bits per heavy atom. The monoisotopic (exact) mass is 403 g/mol. The van der Waals surface area contributed by atoms with Gasteiger partial charge in [-0.05, 0) is 48.9 Å². The van der Waals surface area contributed by atoms with Gasteiger partial charge in [-0.2, -0.15) is 5.26 Å². The lowest BCUT2D eigenvalue weighted by molar-refractivity contribution is -0.128. The van der Waals surface area contributed by atoms with Crippen molar-refractivity contribution < 1.29 is 14.3 Å². The molecule has 2 aromatic rings. The van der Waals surface area contributed by atoms with Gasteiger partial charge in [0.25, 0.3) is 5.91 Å². The second kappa shape index (κ2) is 10.3. The molecule has 0 saturated carbocycles. The lowest BCUT2D eigenvalue weighted by atomic mass is 9.90. The number of carbonyl (C=O) groups excluding carboxylic acids is 2. The van der Waals surface area contributed by atoms with Gasteiger partial charge in [0, 0.05) is 25.0 Å². The summed E-state index contributed by atoms with van der Waals surface area (Å²) in [5.41, 5.74) is 2.35. The minimum Gasteiger partial charge on any atom is -0.465 e. The molecule has 1 heterocycles. The van der Waals surface area contributed by atoms with Crippen LogP contribution in [0.3, 0.4) is 0 Å². The minimum atomic E-state index is -0.447. The number of nitrogens with zero attached hydrogens (tertiary/aromatic N) is 2. The molecule has 1 N–H and O–H groups in total. The third-order valence-electron chi connectivity index (χ3n) is 5.29. The predicted octanol–water partition coefficient (Wildman–Crippen LogP) is 3.77. The van der Waals surface area contributed by atoms with Crippen molar-refractivity contribution in [3.63, 3.8) is 0 Å². The highest BCUT2D eigenvalue weighted by Crippen LogP contribution is 2.22. The first-order valence-corrected chi connectivity index (χ1v) is 9.99. The average molecular weight is 403 g/mol. The standard InChI is InChI=1S/C24H25N3O3/c1-30-24(29)20-8-5-9-22(15-20)26-17-21(16-25)23(28)27-12-10-19(11-13-27)14-18-6-3-2-4-7-18/h2-9,15,17,19,26H,10-14H2,1H3/b21-17-. The highest BCUT2D eigenvalue weighted by Gasteiger charge is 2.25. The van der Waals surface area contributed by atoms with E-state index in [4.69, 9.17) is 4.74 Å². The van der Waals surface area contributed by atoms with Crippen molar-refractivity contribution in [2.75, 3.05) is 25.5 Å². The van der Waals surface area contributed by atoms with E-state index in [1.165, 1.54) is 18.9 Å². The van der Waals surface area contributed by atoms with Crippen LogP contribution in [-0.2, 0) is 16.0 Å². The van der Waals surface area contributed by atoms with Crippen LogP contribution in [0.4, 0.5) is 5.69 Å². The number of anilines is 1. The molecule has 1 aliphatic rings. The Balaban J connectivity index is 1.57. The number of hydrogen-bond donors (Lipinski definition) is 1. The van der Waals surface area contributed by atoms with Gasteiger partial charge in [0.2, 0.25) is 0 Å². The third-order valence-corrected chi connectivity index (χ3v) is 5.29. The Morgan fingerprint density at radius 3 is 2.57 bits per heavy atom. The maximum atomic E-state index is 12.8. The Morgan fingerprint density at radius 1 is 1.17 bits per heavy atom. The van der Waals surface area contributed by atoms with Gasteiger partial charge in [0.15, 0.2) is 0 Å². The van der Waals surface area contributed by atoms with E-state index in [0.717, 1.165) is 19.3 Å². The van der Waals surface area contributed by atoms with E-state index in [-0.39, 0.29) is 11.5 Å². The Bertz CT molecular complexity index is 955. The Kier molecular flexibility index (Phi) is 7.23. The molecule has 0 unspecified atom stereocenters. The van der Waals surface area contributed by atoms with Gasteiger partial charge >= 0.3 is 5.97 Å². The summed E-state index contributed by atoms with van der Waals surface area (Å²) in [7, 11) is 1.32. The molecular weight excluding hydrogens is 378 g/mol. The first-order valence-electron chi connectivity index (χ1n) is 9.99. The van der Waals surface area contributed by atoms with Crippen molar-refractivity contribution in [2.24, 2.45) is 5.92 Å². The van der Waals surface area contributed by atoms with E-state index in [0.29, 0.717) is 30.3 Å². The number of likely N-dealkylation sites (tertiary alicyclic amines) is 1. The predicted molar refractivity (Wildman–Crippen MR) is 115 cm³/mol. The van der Waals surface area contributed by atoms with Crippen molar-refractivity contribution in [1.82, 2.24) is 4.90 Å². The molecule has 1 fully saturated rings. The summed E-state index contributed by atoms with van der Waals surface area (Å²) in [6.07, 6.45) is 4.26. The highest BCUT2D eigenvalue weighted by molar-refractivity contribution is 5.97. The fraction of sp³-hybridized carbons (Fsp3) is 0.292. The number of piperidine rings is 1. The van der Waals surface area contributed by atoms with E-state index < -0.39 is 5.97 Å². The van der Waals surface area contributed by atoms with Crippen molar-refractivity contribution >= 4 is 17.6 Å². The molecule has 0 bridgehead atoms. The molecule has 6 heteroatoms. The van der Waals surface area contributed by atoms with Crippen LogP contribution in [0.2, 0.25) is 0 Å². The number of nitrogens with one attached hydrogen (secondary N) is 1. The number of benzene rings is 2. The molecule has 2 aromatic carbocycles. The number of ether oxygens (including phenoxy) is 1. The summed E-state index contributed by atoms with van der Waals surface area (Å²) in [4.78, 5) is 26.1. The van der Waals surface area contributed by atoms with Gasteiger partial charge in [-0.1, -0.05) is 36.4 Å². The third kappa shape index (κ3) is 5.48. The average Bonchev–Trinajstić information content (AvgIpc) is 2.80. The van der Waals surface area contributed by atoms with Gasteiger partial charge < -0.3 is 15.0 Å². The Labute approximate surface area is 176 Å². The fourth-order valence-corrected chi connectivity index (χ4v) is 3.61. The summed E-state index contributed by atoms with van der Waals surface area (Å²) in [5, 5.41) is 12.4. The molecule has 6 nitrogen and oxygen atoms in total. The SMILES string of the molecule is COC(=O)c1cccc(N/C=C(/C#N)C(=O)N2CCC(Cc3ccccc3)CC2)c1. The minimum absolute atomic E-state index is 0.0416. The molecule has 0 spiro atoms. The lowest BCUT2D eigenvalue weighted by Crippen LogP contribution is -2.39. The van der Waals surface area contributed by atoms with Crippen LogP contribution in [-0.4, -0.2) is 37.0 Å². The molecule has 0 aliphatic carbocycles. The van der Waals surface area contributed by atoms with Gasteiger partial charge in [0.05, 0.1) is 12.7 Å². The van der Waals surface area contributed by atoms with E-state index in [2.05, 4.69) is 17.4 Å². The van der Waals surface area contributed by atoms with E-state index in [1.807, 2.05) is 24.3 Å². The zero-order chi connectivity index (χ0) is 21.3. The summed E-state index contributed by atoms with van der Waals surface area (Å²) in [6.45, 7) is 1.29. The smallest absolute Gasteiger partial charge is 0.337 e. The van der Waals surface area contributed by atoms with Gasteiger partial charge in [0.1, 0.15) is 11.6 Å². The second-order valence-corrected chi connectivity index (χ2v) is 7.31. The van der Waals surface area contributed by atoms with Gasteiger partial charge in [-0.3, -0.25) is 4.79 Å². The van der Waals surface area contributed by atoms with E-state index >= 15 is 0 Å². The molecule has 30 heavy (non-hydrogen) atoms. The zero-order valence-corrected chi connectivity index (χ0v) is 17.0. The summed E-state index contributed by atoms with van der Waals surface area (Å²) < 4.78 is 4.71. The van der Waals surface area contributed by atoms with E-state index in [9.17, 15) is 14.9 Å². The fourth-order valence-electron chi connectivity index (χ4n) is 3.61. The second-order valence-electron chi connectivity index (χ2n) is 7.31. The summed E-state index contributed by atoms with van der Waals surface area (Å²) >= 11 is 0. The molecule has 1 saturated heterocycles. The number of hydrogen-bond acceptors (Lipinski definition) is 5. The number of esters is 1. The summed E-state index contributed by atoms with van der Waals surface area (Å²) in [5.74, 6) is -0.171. The number of rotatable bonds is 6. The van der Waals surface area contributed by atoms with Crippen LogP contribution in [0, 0.1) is 17.2 Å². The summed E-state index contributed by atoms with van der Waals surface area (Å²) in [6, 6.07) is 19.1. The quantitative estimate of drug-likeness (QED) is 0.451. The Hall–Kier alpha value is -3.59. The van der Waals surface area contributed by atoms with Crippen molar-refractivity contribution in [3.05, 3.63) is 77.5 Å². The largest absolute Gasteiger partial charge is 0.465 e. The van der Waals surface area contributed by atoms with Crippen LogP contribution >= 0.6 is 0 Å². The van der Waals surface area contributed by atoms with Crippen LogP contribution in [0.15, 0.2) is 66.4 Å². The number of methoxy groups -OCH3 is 1. The van der Waals surface area contributed by atoms with Crippen molar-refractivity contribution in [2.45, 2.75) is 19.3 Å². The number of nitriles is 1. The molecule has 154 valence electrons. The topological polar surface area (TPSA) is 82.4 Å². The van der Waals surface area contributed by atoms with E-state index in [1.54, 1.807) is 29.2 Å². The lowest BCUT2D eigenvalue weighted by Gasteiger charge is -2.32. The zero-order valence-electron chi connectivity index (χ0n) is 17.0. The van der Waals surface area contributed by atoms with Crippen LogP contribution in [0.5, 0.6) is 0 Å².